The van der Waals surface area contributed by atoms with Crippen LogP contribution in [0.25, 0.3) is 0 Å². The summed E-state index contributed by atoms with van der Waals surface area (Å²) in [7, 11) is -3.63. The largest absolute Gasteiger partial charge is 0.392 e. The van der Waals surface area contributed by atoms with Gasteiger partial charge in [-0.25, -0.2) is 13.1 Å². The Morgan fingerprint density at radius 1 is 1.37 bits per heavy atom. The van der Waals surface area contributed by atoms with Crippen molar-refractivity contribution in [1.82, 2.24) is 14.9 Å². The Labute approximate surface area is 113 Å². The number of rotatable bonds is 4. The average Bonchev–Trinajstić information content (AvgIpc) is 2.75. The van der Waals surface area contributed by atoms with E-state index in [1.165, 1.54) is 6.20 Å². The van der Waals surface area contributed by atoms with Crippen LogP contribution in [0.15, 0.2) is 11.2 Å². The lowest BCUT2D eigenvalue weighted by molar-refractivity contribution is 0.257. The van der Waals surface area contributed by atoms with E-state index in [2.05, 4.69) is 28.8 Å². The first-order valence-corrected chi connectivity index (χ1v) is 8.06. The van der Waals surface area contributed by atoms with E-state index < -0.39 is 10.0 Å². The van der Waals surface area contributed by atoms with E-state index in [4.69, 9.17) is 5.11 Å². The summed E-state index contributed by atoms with van der Waals surface area (Å²) in [6.07, 6.45) is 4.18. The summed E-state index contributed by atoms with van der Waals surface area (Å²) < 4.78 is 27.2. The van der Waals surface area contributed by atoms with Crippen LogP contribution in [0.2, 0.25) is 0 Å². The molecule has 0 radical (unpaired) electrons. The Balaban J connectivity index is 2.13. The highest BCUT2D eigenvalue weighted by atomic mass is 32.2. The molecule has 2 rings (SSSR count). The van der Waals surface area contributed by atoms with Gasteiger partial charge in [0.05, 0.1) is 12.8 Å². The minimum atomic E-state index is -3.63. The fourth-order valence-corrected chi connectivity index (χ4v) is 4.35. The normalized spacial score (nSPS) is 28.5. The molecule has 7 heteroatoms. The standard InChI is InChI=1S/C12H21N3O3S/c1-8-3-9(2)5-11(4-8)15-19(17,18)12-10(7-16)6-13-14-12/h6,8-9,11,15-16H,3-5,7H2,1-2H3,(H,13,14). The van der Waals surface area contributed by atoms with Gasteiger partial charge in [0.25, 0.3) is 10.0 Å². The maximum absolute atomic E-state index is 12.3. The summed E-state index contributed by atoms with van der Waals surface area (Å²) in [6, 6.07) is -0.0430. The van der Waals surface area contributed by atoms with E-state index >= 15 is 0 Å². The van der Waals surface area contributed by atoms with Crippen LogP contribution in [-0.2, 0) is 16.6 Å². The van der Waals surface area contributed by atoms with Crippen LogP contribution in [-0.4, -0.2) is 29.8 Å². The monoisotopic (exact) mass is 287 g/mol. The van der Waals surface area contributed by atoms with E-state index in [0.29, 0.717) is 17.4 Å². The van der Waals surface area contributed by atoms with Crippen LogP contribution in [0.1, 0.15) is 38.7 Å². The Hall–Kier alpha value is -0.920. The first-order valence-electron chi connectivity index (χ1n) is 6.57. The SMILES string of the molecule is CC1CC(C)CC(NS(=O)(=O)c2[nH]ncc2CO)C1. The van der Waals surface area contributed by atoms with Gasteiger partial charge in [-0.1, -0.05) is 13.8 Å². The smallest absolute Gasteiger partial charge is 0.258 e. The number of sulfonamides is 1. The highest BCUT2D eigenvalue weighted by Gasteiger charge is 2.29. The molecule has 108 valence electrons. The number of hydrogen-bond donors (Lipinski definition) is 3. The molecule has 1 heterocycles. The predicted molar refractivity (Wildman–Crippen MR) is 70.8 cm³/mol. The van der Waals surface area contributed by atoms with E-state index in [0.717, 1.165) is 19.3 Å². The van der Waals surface area contributed by atoms with Crippen LogP contribution in [0.4, 0.5) is 0 Å². The molecule has 1 fully saturated rings. The quantitative estimate of drug-likeness (QED) is 0.770. The van der Waals surface area contributed by atoms with Gasteiger partial charge < -0.3 is 5.11 Å². The van der Waals surface area contributed by atoms with Crippen LogP contribution in [0.5, 0.6) is 0 Å². The summed E-state index contributed by atoms with van der Waals surface area (Å²) in [5.41, 5.74) is 0.296. The number of nitrogens with zero attached hydrogens (tertiary/aromatic N) is 1. The summed E-state index contributed by atoms with van der Waals surface area (Å²) in [4.78, 5) is 0. The molecule has 1 aromatic rings. The van der Waals surface area contributed by atoms with Crippen molar-refractivity contribution in [2.45, 2.75) is 50.8 Å². The molecule has 0 bridgehead atoms. The summed E-state index contributed by atoms with van der Waals surface area (Å²) >= 11 is 0. The zero-order valence-electron chi connectivity index (χ0n) is 11.3. The number of aliphatic hydroxyl groups excluding tert-OH is 1. The Morgan fingerprint density at radius 3 is 2.58 bits per heavy atom. The highest BCUT2D eigenvalue weighted by molar-refractivity contribution is 7.89. The van der Waals surface area contributed by atoms with Gasteiger partial charge in [-0.05, 0) is 31.1 Å². The number of hydrogen-bond acceptors (Lipinski definition) is 4. The van der Waals surface area contributed by atoms with Crippen LogP contribution in [0.3, 0.4) is 0 Å². The molecular weight excluding hydrogens is 266 g/mol. The maximum Gasteiger partial charge on any atom is 0.258 e. The van der Waals surface area contributed by atoms with Crippen molar-refractivity contribution in [2.75, 3.05) is 0 Å². The molecule has 2 unspecified atom stereocenters. The average molecular weight is 287 g/mol. The van der Waals surface area contributed by atoms with Crippen molar-refractivity contribution >= 4 is 10.0 Å². The van der Waals surface area contributed by atoms with Gasteiger partial charge in [0.2, 0.25) is 0 Å². The molecule has 19 heavy (non-hydrogen) atoms. The van der Waals surface area contributed by atoms with E-state index in [-0.39, 0.29) is 17.7 Å². The van der Waals surface area contributed by atoms with E-state index in [1.807, 2.05) is 0 Å². The van der Waals surface area contributed by atoms with Crippen molar-refractivity contribution in [1.29, 1.82) is 0 Å². The molecule has 1 aromatic heterocycles. The van der Waals surface area contributed by atoms with Crippen molar-refractivity contribution < 1.29 is 13.5 Å². The zero-order chi connectivity index (χ0) is 14.0. The molecule has 0 spiro atoms. The second-order valence-corrected chi connectivity index (χ2v) is 7.27. The number of aromatic nitrogens is 2. The van der Waals surface area contributed by atoms with Gasteiger partial charge in [0, 0.05) is 11.6 Å². The lowest BCUT2D eigenvalue weighted by atomic mass is 9.81. The van der Waals surface area contributed by atoms with Gasteiger partial charge in [-0.2, -0.15) is 5.10 Å². The van der Waals surface area contributed by atoms with Crippen LogP contribution in [0, 0.1) is 11.8 Å². The minimum absolute atomic E-state index is 0.0270. The fraction of sp³-hybridized carbons (Fsp3) is 0.750. The fourth-order valence-electron chi connectivity index (χ4n) is 2.97. The lowest BCUT2D eigenvalue weighted by Gasteiger charge is -2.31. The topological polar surface area (TPSA) is 95.1 Å². The molecule has 1 saturated carbocycles. The van der Waals surface area contributed by atoms with E-state index in [9.17, 15) is 8.42 Å². The maximum atomic E-state index is 12.3. The molecule has 0 aliphatic heterocycles. The predicted octanol–water partition coefficient (Wildman–Crippen LogP) is 1.00. The van der Waals surface area contributed by atoms with Crippen LogP contribution < -0.4 is 4.72 Å². The second-order valence-electron chi connectivity index (χ2n) is 5.62. The molecule has 6 nitrogen and oxygen atoms in total. The van der Waals surface area contributed by atoms with E-state index in [1.54, 1.807) is 0 Å². The van der Waals surface area contributed by atoms with Gasteiger partial charge in [0.15, 0.2) is 5.03 Å². The van der Waals surface area contributed by atoms with Crippen LogP contribution >= 0.6 is 0 Å². The van der Waals surface area contributed by atoms with Crippen molar-refractivity contribution in [2.24, 2.45) is 11.8 Å². The second kappa shape index (κ2) is 5.60. The summed E-state index contributed by atoms with van der Waals surface area (Å²) in [5, 5.41) is 15.2. The number of H-pyrrole nitrogens is 1. The van der Waals surface area contributed by atoms with Gasteiger partial charge in [-0.15, -0.1) is 0 Å². The number of aliphatic hydroxyl groups is 1. The molecule has 1 aliphatic rings. The molecule has 2 atom stereocenters. The first kappa shape index (κ1) is 14.5. The Kier molecular flexibility index (Phi) is 4.27. The summed E-state index contributed by atoms with van der Waals surface area (Å²) in [5.74, 6) is 1.05. The number of aromatic amines is 1. The Bertz CT molecular complexity index is 516. The van der Waals surface area contributed by atoms with Gasteiger partial charge >= 0.3 is 0 Å². The zero-order valence-corrected chi connectivity index (χ0v) is 12.1. The minimum Gasteiger partial charge on any atom is -0.392 e. The van der Waals surface area contributed by atoms with Crippen molar-refractivity contribution in [3.63, 3.8) is 0 Å². The molecule has 0 aromatic carbocycles. The molecular formula is C12H21N3O3S. The molecule has 0 amide bonds. The summed E-state index contributed by atoms with van der Waals surface area (Å²) in [6.45, 7) is 3.95. The van der Waals surface area contributed by atoms with Gasteiger partial charge in [0.1, 0.15) is 0 Å². The Morgan fingerprint density at radius 2 is 2.00 bits per heavy atom. The molecule has 0 saturated heterocycles. The third kappa shape index (κ3) is 3.34. The lowest BCUT2D eigenvalue weighted by Crippen LogP contribution is -2.40. The number of nitrogens with one attached hydrogen (secondary N) is 2. The molecule has 3 N–H and O–H groups in total. The third-order valence-corrected chi connectivity index (χ3v) is 5.15. The van der Waals surface area contributed by atoms with Crippen molar-refractivity contribution in [3.05, 3.63) is 11.8 Å². The highest BCUT2D eigenvalue weighted by Crippen LogP contribution is 2.29. The van der Waals surface area contributed by atoms with Crippen molar-refractivity contribution in [3.8, 4) is 0 Å². The molecule has 1 aliphatic carbocycles. The third-order valence-electron chi connectivity index (χ3n) is 3.62. The van der Waals surface area contributed by atoms with Gasteiger partial charge in [-0.3, -0.25) is 5.10 Å². The first-order chi connectivity index (χ1) is 8.92.